The molecule has 1 aliphatic rings. The molecule has 1 aliphatic carbocycles. The fourth-order valence-electron chi connectivity index (χ4n) is 1.47. The first-order valence-corrected chi connectivity index (χ1v) is 6.58. The number of carbonyl (C=O) groups is 1. The number of nitrogens with zero attached hydrogens (tertiary/aromatic N) is 2. The highest BCUT2D eigenvalue weighted by molar-refractivity contribution is 7.17. The van der Waals surface area contributed by atoms with Gasteiger partial charge in [0.1, 0.15) is 10.7 Å². The summed E-state index contributed by atoms with van der Waals surface area (Å²) in [7, 11) is 0. The van der Waals surface area contributed by atoms with E-state index in [9.17, 15) is 4.79 Å². The fourth-order valence-corrected chi connectivity index (χ4v) is 2.19. The highest BCUT2D eigenvalue weighted by atomic mass is 32.1. The van der Waals surface area contributed by atoms with Crippen LogP contribution in [-0.4, -0.2) is 21.9 Å². The van der Waals surface area contributed by atoms with Gasteiger partial charge in [0.15, 0.2) is 5.13 Å². The fraction of sp³-hybridized carbons (Fsp3) is 0.250. The molecule has 92 valence electrons. The number of nitrogens with one attached hydrogen (secondary N) is 2. The first kappa shape index (κ1) is 11.2. The summed E-state index contributed by atoms with van der Waals surface area (Å²) < 4.78 is 0. The van der Waals surface area contributed by atoms with E-state index >= 15 is 0 Å². The second-order valence-corrected chi connectivity index (χ2v) is 5.15. The summed E-state index contributed by atoms with van der Waals surface area (Å²) in [6, 6.07) is 5.96. The third kappa shape index (κ3) is 2.65. The Hall–Kier alpha value is -1.95. The number of pyridine rings is 1. The van der Waals surface area contributed by atoms with E-state index in [1.807, 2.05) is 18.2 Å². The van der Waals surface area contributed by atoms with Crippen molar-refractivity contribution in [2.24, 2.45) is 0 Å². The van der Waals surface area contributed by atoms with E-state index in [0.29, 0.717) is 16.1 Å². The van der Waals surface area contributed by atoms with Crippen molar-refractivity contribution < 1.29 is 4.79 Å². The van der Waals surface area contributed by atoms with Crippen LogP contribution in [0.4, 0.5) is 10.9 Å². The molecule has 18 heavy (non-hydrogen) atoms. The zero-order valence-corrected chi connectivity index (χ0v) is 10.4. The van der Waals surface area contributed by atoms with Gasteiger partial charge >= 0.3 is 0 Å². The van der Waals surface area contributed by atoms with Crippen molar-refractivity contribution in [3.8, 4) is 0 Å². The predicted molar refractivity (Wildman–Crippen MR) is 70.1 cm³/mol. The molecule has 2 N–H and O–H groups in total. The molecule has 5 nitrogen and oxygen atoms in total. The van der Waals surface area contributed by atoms with Gasteiger partial charge in [-0.2, -0.15) is 0 Å². The summed E-state index contributed by atoms with van der Waals surface area (Å²) in [5.41, 5.74) is 0. The number of hydrogen-bond donors (Lipinski definition) is 2. The molecule has 0 unspecified atom stereocenters. The van der Waals surface area contributed by atoms with Gasteiger partial charge in [0.2, 0.25) is 0 Å². The summed E-state index contributed by atoms with van der Waals surface area (Å²) in [4.78, 5) is 20.7. The SMILES string of the molecule is O=C(NC1CC1)c1cnc(Nc2ccccn2)s1. The van der Waals surface area contributed by atoms with Crippen LogP contribution in [0.25, 0.3) is 0 Å². The van der Waals surface area contributed by atoms with Gasteiger partial charge in [-0.3, -0.25) is 4.79 Å². The lowest BCUT2D eigenvalue weighted by Gasteiger charge is -2.00. The van der Waals surface area contributed by atoms with Crippen LogP contribution in [0.3, 0.4) is 0 Å². The lowest BCUT2D eigenvalue weighted by molar-refractivity contribution is 0.0955. The van der Waals surface area contributed by atoms with Gasteiger partial charge in [0, 0.05) is 12.2 Å². The van der Waals surface area contributed by atoms with Crippen molar-refractivity contribution in [1.29, 1.82) is 0 Å². The van der Waals surface area contributed by atoms with E-state index < -0.39 is 0 Å². The third-order valence-electron chi connectivity index (χ3n) is 2.54. The highest BCUT2D eigenvalue weighted by Crippen LogP contribution is 2.23. The minimum absolute atomic E-state index is 0.0379. The Balaban J connectivity index is 1.67. The number of thiazole rings is 1. The molecule has 0 saturated heterocycles. The lowest BCUT2D eigenvalue weighted by atomic mass is 10.5. The monoisotopic (exact) mass is 260 g/mol. The zero-order valence-electron chi connectivity index (χ0n) is 9.59. The van der Waals surface area contributed by atoms with E-state index in [1.54, 1.807) is 12.4 Å². The van der Waals surface area contributed by atoms with E-state index in [0.717, 1.165) is 18.7 Å². The predicted octanol–water partition coefficient (Wildman–Crippen LogP) is 2.17. The van der Waals surface area contributed by atoms with E-state index in [2.05, 4.69) is 20.6 Å². The van der Waals surface area contributed by atoms with Crippen LogP contribution in [-0.2, 0) is 0 Å². The number of rotatable bonds is 4. The maximum Gasteiger partial charge on any atom is 0.263 e. The van der Waals surface area contributed by atoms with Gasteiger partial charge in [-0.1, -0.05) is 17.4 Å². The molecule has 1 saturated carbocycles. The first-order valence-electron chi connectivity index (χ1n) is 5.76. The van der Waals surface area contributed by atoms with Crippen LogP contribution in [0, 0.1) is 0 Å². The van der Waals surface area contributed by atoms with Gasteiger partial charge in [-0.25, -0.2) is 9.97 Å². The smallest absolute Gasteiger partial charge is 0.263 e. The Labute approximate surface area is 108 Å². The quantitative estimate of drug-likeness (QED) is 0.884. The van der Waals surface area contributed by atoms with E-state index in [4.69, 9.17) is 0 Å². The van der Waals surface area contributed by atoms with Crippen LogP contribution >= 0.6 is 11.3 Å². The number of aromatic nitrogens is 2. The molecular weight excluding hydrogens is 248 g/mol. The highest BCUT2D eigenvalue weighted by Gasteiger charge is 2.24. The molecule has 3 rings (SSSR count). The van der Waals surface area contributed by atoms with Crippen molar-refractivity contribution in [2.45, 2.75) is 18.9 Å². The van der Waals surface area contributed by atoms with Gasteiger partial charge in [0.25, 0.3) is 5.91 Å². The van der Waals surface area contributed by atoms with Gasteiger partial charge in [-0.15, -0.1) is 0 Å². The Morgan fingerprint density at radius 1 is 1.33 bits per heavy atom. The summed E-state index contributed by atoms with van der Waals surface area (Å²) in [5.74, 6) is 0.685. The molecule has 0 aromatic carbocycles. The maximum absolute atomic E-state index is 11.8. The molecule has 2 heterocycles. The third-order valence-corrected chi connectivity index (χ3v) is 3.45. The molecule has 1 amide bonds. The number of carbonyl (C=O) groups excluding carboxylic acids is 1. The number of amides is 1. The first-order chi connectivity index (χ1) is 8.81. The molecule has 0 bridgehead atoms. The standard InChI is InChI=1S/C12H12N4OS/c17-11(15-8-4-5-8)9-7-14-12(18-9)16-10-3-1-2-6-13-10/h1-3,6-8H,4-5H2,(H,15,17)(H,13,14,16). The zero-order chi connectivity index (χ0) is 12.4. The Morgan fingerprint density at radius 3 is 2.94 bits per heavy atom. The molecule has 0 aliphatic heterocycles. The van der Waals surface area contributed by atoms with Crippen molar-refractivity contribution >= 4 is 28.2 Å². The van der Waals surface area contributed by atoms with Crippen LogP contribution < -0.4 is 10.6 Å². The van der Waals surface area contributed by atoms with Crippen molar-refractivity contribution in [3.63, 3.8) is 0 Å². The Bertz CT molecular complexity index is 550. The van der Waals surface area contributed by atoms with Crippen molar-refractivity contribution in [3.05, 3.63) is 35.5 Å². The molecule has 2 aromatic rings. The molecule has 1 fully saturated rings. The maximum atomic E-state index is 11.8. The van der Waals surface area contributed by atoms with Gasteiger partial charge < -0.3 is 10.6 Å². The van der Waals surface area contributed by atoms with Crippen LogP contribution in [0.1, 0.15) is 22.5 Å². The molecular formula is C12H12N4OS. The number of anilines is 2. The number of hydrogen-bond acceptors (Lipinski definition) is 5. The van der Waals surface area contributed by atoms with Gasteiger partial charge in [0.05, 0.1) is 6.20 Å². The largest absolute Gasteiger partial charge is 0.349 e. The molecule has 0 radical (unpaired) electrons. The van der Waals surface area contributed by atoms with Crippen LogP contribution in [0.2, 0.25) is 0 Å². The summed E-state index contributed by atoms with van der Waals surface area (Å²) >= 11 is 1.33. The van der Waals surface area contributed by atoms with Crippen LogP contribution in [0.15, 0.2) is 30.6 Å². The van der Waals surface area contributed by atoms with Gasteiger partial charge in [-0.05, 0) is 25.0 Å². The topological polar surface area (TPSA) is 66.9 Å². The average molecular weight is 260 g/mol. The van der Waals surface area contributed by atoms with E-state index in [1.165, 1.54) is 11.3 Å². The van der Waals surface area contributed by atoms with Crippen molar-refractivity contribution in [1.82, 2.24) is 15.3 Å². The van der Waals surface area contributed by atoms with E-state index in [-0.39, 0.29) is 5.91 Å². The normalized spacial score (nSPS) is 14.2. The van der Waals surface area contributed by atoms with Crippen molar-refractivity contribution in [2.75, 3.05) is 5.32 Å². The summed E-state index contributed by atoms with van der Waals surface area (Å²) in [6.45, 7) is 0. The molecule has 2 aromatic heterocycles. The lowest BCUT2D eigenvalue weighted by Crippen LogP contribution is -2.24. The molecule has 6 heteroatoms. The second kappa shape index (κ2) is 4.73. The second-order valence-electron chi connectivity index (χ2n) is 4.12. The molecule has 0 spiro atoms. The average Bonchev–Trinajstić information content (AvgIpc) is 3.07. The summed E-state index contributed by atoms with van der Waals surface area (Å²) in [5, 5.41) is 6.68. The Morgan fingerprint density at radius 2 is 2.22 bits per heavy atom. The molecule has 0 atom stereocenters. The minimum atomic E-state index is -0.0379. The summed E-state index contributed by atoms with van der Waals surface area (Å²) in [6.07, 6.45) is 5.47. The Kier molecular flexibility index (Phi) is 2.93. The minimum Gasteiger partial charge on any atom is -0.349 e. The van der Waals surface area contributed by atoms with Crippen LogP contribution in [0.5, 0.6) is 0 Å².